The van der Waals surface area contributed by atoms with Crippen molar-refractivity contribution in [3.8, 4) is 6.07 Å². The number of nitrogens with zero attached hydrogens (tertiary/aromatic N) is 2. The van der Waals surface area contributed by atoms with Gasteiger partial charge in [0.2, 0.25) is 0 Å². The first-order valence-electron chi connectivity index (χ1n) is 7.51. The monoisotopic (exact) mass is 437 g/mol. The molecule has 0 aliphatic carbocycles. The minimum Gasteiger partial charge on any atom is -0.378 e. The van der Waals surface area contributed by atoms with Crippen molar-refractivity contribution in [2.45, 2.75) is 23.5 Å². The minimum absolute atomic E-state index is 0.0435. The molecule has 0 amide bonds. The third kappa shape index (κ3) is 4.03. The van der Waals surface area contributed by atoms with Crippen LogP contribution in [0.1, 0.15) is 19.4 Å². The summed E-state index contributed by atoms with van der Waals surface area (Å²) >= 11 is 3.26. The smallest absolute Gasteiger partial charge is 0.293 e. The Labute approximate surface area is 159 Å². The highest BCUT2D eigenvalue weighted by Crippen LogP contribution is 2.30. The molecule has 2 rings (SSSR count). The van der Waals surface area contributed by atoms with Crippen molar-refractivity contribution in [1.29, 1.82) is 5.26 Å². The van der Waals surface area contributed by atoms with Gasteiger partial charge in [0.1, 0.15) is 5.69 Å². The van der Waals surface area contributed by atoms with Crippen LogP contribution in [0.5, 0.6) is 0 Å². The van der Waals surface area contributed by atoms with Gasteiger partial charge in [0, 0.05) is 17.1 Å². The SMILES string of the molecule is CC(C)(CNc1ccc(C#N)cc1[N+](=O)[O-])S(=O)(=O)c1ccc(Br)cc1. The van der Waals surface area contributed by atoms with E-state index in [1.807, 2.05) is 6.07 Å². The first kappa shape index (κ1) is 19.9. The van der Waals surface area contributed by atoms with Gasteiger partial charge in [0.25, 0.3) is 5.69 Å². The van der Waals surface area contributed by atoms with E-state index in [9.17, 15) is 18.5 Å². The van der Waals surface area contributed by atoms with E-state index in [4.69, 9.17) is 5.26 Å². The molecule has 0 unspecified atom stereocenters. The summed E-state index contributed by atoms with van der Waals surface area (Å²) in [6.07, 6.45) is 0. The molecule has 1 N–H and O–H groups in total. The van der Waals surface area contributed by atoms with Crippen LogP contribution in [0.4, 0.5) is 11.4 Å². The molecule has 9 heteroatoms. The molecular weight excluding hydrogens is 422 g/mol. The van der Waals surface area contributed by atoms with Crippen molar-refractivity contribution in [3.63, 3.8) is 0 Å². The Bertz CT molecular complexity index is 980. The highest BCUT2D eigenvalue weighted by atomic mass is 79.9. The molecule has 0 radical (unpaired) electrons. The standard InChI is InChI=1S/C17H16BrN3O4S/c1-17(2,26(24,25)14-6-4-13(18)5-7-14)11-20-15-8-3-12(10-19)9-16(15)21(22)23/h3-9,20H,11H2,1-2H3. The Morgan fingerprint density at radius 3 is 2.38 bits per heavy atom. The molecule has 0 aromatic heterocycles. The normalized spacial score (nSPS) is 11.6. The van der Waals surface area contributed by atoms with Crippen LogP contribution in [0, 0.1) is 21.4 Å². The Morgan fingerprint density at radius 2 is 1.85 bits per heavy atom. The quantitative estimate of drug-likeness (QED) is 0.541. The van der Waals surface area contributed by atoms with Crippen LogP contribution in [0.15, 0.2) is 51.8 Å². The summed E-state index contributed by atoms with van der Waals surface area (Å²) in [5.41, 5.74) is 0.0398. The van der Waals surface area contributed by atoms with Gasteiger partial charge in [-0.2, -0.15) is 5.26 Å². The average Bonchev–Trinajstić information content (AvgIpc) is 2.60. The van der Waals surface area contributed by atoms with Crippen LogP contribution in [0.25, 0.3) is 0 Å². The summed E-state index contributed by atoms with van der Waals surface area (Å²) in [6.45, 7) is 3.05. The molecule has 0 atom stereocenters. The number of sulfone groups is 1. The molecule has 0 saturated heterocycles. The fraction of sp³-hybridized carbons (Fsp3) is 0.235. The average molecular weight is 438 g/mol. The summed E-state index contributed by atoms with van der Waals surface area (Å²) < 4.78 is 25.3. The number of nitrogens with one attached hydrogen (secondary N) is 1. The van der Waals surface area contributed by atoms with Crippen molar-refractivity contribution >= 4 is 37.1 Å². The van der Waals surface area contributed by atoms with E-state index < -0.39 is 19.5 Å². The van der Waals surface area contributed by atoms with Crippen LogP contribution >= 0.6 is 15.9 Å². The summed E-state index contributed by atoms with van der Waals surface area (Å²) in [7, 11) is -3.68. The summed E-state index contributed by atoms with van der Waals surface area (Å²) in [4.78, 5) is 10.8. The van der Waals surface area contributed by atoms with Gasteiger partial charge in [0.05, 0.1) is 26.2 Å². The number of anilines is 1. The molecule has 7 nitrogen and oxygen atoms in total. The highest BCUT2D eigenvalue weighted by molar-refractivity contribution is 9.10. The first-order chi connectivity index (χ1) is 12.1. The molecule has 0 aliphatic rings. The maximum atomic E-state index is 12.9. The highest BCUT2D eigenvalue weighted by Gasteiger charge is 2.36. The van der Waals surface area contributed by atoms with Gasteiger partial charge in [0.15, 0.2) is 9.84 Å². The second kappa shape index (κ2) is 7.43. The molecule has 2 aromatic carbocycles. The lowest BCUT2D eigenvalue weighted by Crippen LogP contribution is -2.39. The zero-order valence-corrected chi connectivity index (χ0v) is 16.5. The van der Waals surface area contributed by atoms with Gasteiger partial charge < -0.3 is 5.32 Å². The number of hydrogen-bond acceptors (Lipinski definition) is 6. The summed E-state index contributed by atoms with van der Waals surface area (Å²) in [5.74, 6) is 0. The second-order valence-corrected chi connectivity index (χ2v) is 9.67. The van der Waals surface area contributed by atoms with Crippen LogP contribution in [-0.4, -0.2) is 24.6 Å². The summed E-state index contributed by atoms with van der Waals surface area (Å²) in [6, 6.07) is 12.1. The first-order valence-corrected chi connectivity index (χ1v) is 9.79. The lowest BCUT2D eigenvalue weighted by atomic mass is 10.1. The van der Waals surface area contributed by atoms with E-state index in [2.05, 4.69) is 21.2 Å². The number of hydrogen-bond donors (Lipinski definition) is 1. The molecule has 0 saturated carbocycles. The number of nitro benzene ring substituents is 1. The number of nitro groups is 1. The van der Waals surface area contributed by atoms with Crippen molar-refractivity contribution in [2.75, 3.05) is 11.9 Å². The molecule has 0 spiro atoms. The van der Waals surface area contributed by atoms with Crippen LogP contribution in [-0.2, 0) is 9.84 Å². The Hall–Kier alpha value is -2.44. The van der Waals surface area contributed by atoms with Crippen molar-refractivity contribution in [2.24, 2.45) is 0 Å². The Kier molecular flexibility index (Phi) is 5.68. The zero-order chi connectivity index (χ0) is 19.5. The predicted octanol–water partition coefficient (Wildman–Crippen LogP) is 3.89. The fourth-order valence-corrected chi connectivity index (χ4v) is 3.90. The van der Waals surface area contributed by atoms with Crippen LogP contribution < -0.4 is 5.32 Å². The molecule has 0 bridgehead atoms. The van der Waals surface area contributed by atoms with Gasteiger partial charge in [-0.3, -0.25) is 10.1 Å². The predicted molar refractivity (Wildman–Crippen MR) is 102 cm³/mol. The van der Waals surface area contributed by atoms with Gasteiger partial charge in [-0.25, -0.2) is 8.42 Å². The second-order valence-electron chi connectivity index (χ2n) is 6.17. The molecule has 2 aromatic rings. The number of halogens is 1. The number of rotatable bonds is 6. The van der Waals surface area contributed by atoms with Crippen LogP contribution in [0.3, 0.4) is 0 Å². The van der Waals surface area contributed by atoms with Gasteiger partial charge in [-0.05, 0) is 50.2 Å². The van der Waals surface area contributed by atoms with Crippen molar-refractivity contribution in [1.82, 2.24) is 0 Å². The maximum absolute atomic E-state index is 12.9. The third-order valence-corrected chi connectivity index (χ3v) is 6.90. The van der Waals surface area contributed by atoms with E-state index in [0.717, 1.165) is 10.5 Å². The van der Waals surface area contributed by atoms with E-state index in [-0.39, 0.29) is 28.4 Å². The Morgan fingerprint density at radius 1 is 1.23 bits per heavy atom. The largest absolute Gasteiger partial charge is 0.378 e. The molecule has 0 aliphatic heterocycles. The molecule has 0 fully saturated rings. The molecule has 0 heterocycles. The summed E-state index contributed by atoms with van der Waals surface area (Å²) in [5, 5.41) is 22.9. The minimum atomic E-state index is -3.68. The fourth-order valence-electron chi connectivity index (χ4n) is 2.24. The van der Waals surface area contributed by atoms with Gasteiger partial charge in [-0.15, -0.1) is 0 Å². The molecule has 26 heavy (non-hydrogen) atoms. The van der Waals surface area contributed by atoms with Crippen molar-refractivity contribution in [3.05, 3.63) is 62.6 Å². The van der Waals surface area contributed by atoms with Gasteiger partial charge in [-0.1, -0.05) is 15.9 Å². The van der Waals surface area contributed by atoms with Crippen LogP contribution in [0.2, 0.25) is 0 Å². The van der Waals surface area contributed by atoms with Crippen molar-refractivity contribution < 1.29 is 13.3 Å². The topological polar surface area (TPSA) is 113 Å². The van der Waals surface area contributed by atoms with Gasteiger partial charge >= 0.3 is 0 Å². The lowest BCUT2D eigenvalue weighted by molar-refractivity contribution is -0.384. The van der Waals surface area contributed by atoms with E-state index >= 15 is 0 Å². The number of benzene rings is 2. The van der Waals surface area contributed by atoms with E-state index in [0.29, 0.717) is 0 Å². The number of nitriles is 1. The van der Waals surface area contributed by atoms with E-state index in [1.54, 1.807) is 26.0 Å². The third-order valence-electron chi connectivity index (χ3n) is 3.88. The maximum Gasteiger partial charge on any atom is 0.293 e. The van der Waals surface area contributed by atoms with E-state index in [1.165, 1.54) is 24.3 Å². The Balaban J connectivity index is 2.29. The zero-order valence-electron chi connectivity index (χ0n) is 14.1. The molecular formula is C17H16BrN3O4S. The lowest BCUT2D eigenvalue weighted by Gasteiger charge is -2.25. The molecule has 136 valence electrons.